The highest BCUT2D eigenvalue weighted by Gasteiger charge is 2.31. The van der Waals surface area contributed by atoms with Gasteiger partial charge in [-0.3, -0.25) is 14.5 Å². The van der Waals surface area contributed by atoms with Crippen LogP contribution in [0.3, 0.4) is 0 Å². The summed E-state index contributed by atoms with van der Waals surface area (Å²) >= 11 is 3.19. The highest BCUT2D eigenvalue weighted by Crippen LogP contribution is 2.16. The molecule has 4 nitrogen and oxygen atoms in total. The molecule has 1 fully saturated rings. The molecular formula is C13H14BrFN2O2. The molecule has 1 aromatic rings. The fourth-order valence-electron chi connectivity index (χ4n) is 2.00. The van der Waals surface area contributed by atoms with E-state index in [1.165, 1.54) is 13.1 Å². The zero-order valence-corrected chi connectivity index (χ0v) is 12.0. The number of rotatable bonds is 3. The summed E-state index contributed by atoms with van der Waals surface area (Å²) in [5.74, 6) is -0.749. The predicted octanol–water partition coefficient (Wildman–Crippen LogP) is 1.83. The fraction of sp³-hybridized carbons (Fsp3) is 0.385. The third-order valence-electron chi connectivity index (χ3n) is 3.20. The molecule has 1 aliphatic heterocycles. The molecule has 19 heavy (non-hydrogen) atoms. The molecule has 1 unspecified atom stereocenters. The Labute approximate surface area is 119 Å². The van der Waals surface area contributed by atoms with E-state index in [2.05, 4.69) is 21.2 Å². The van der Waals surface area contributed by atoms with Crippen LogP contribution in [0.1, 0.15) is 18.4 Å². The van der Waals surface area contributed by atoms with Gasteiger partial charge in [-0.25, -0.2) is 4.39 Å². The number of carbonyl (C=O) groups excluding carboxylic acids is 2. The Bertz CT molecular complexity index is 521. The van der Waals surface area contributed by atoms with E-state index in [0.717, 1.165) is 4.90 Å². The topological polar surface area (TPSA) is 49.4 Å². The van der Waals surface area contributed by atoms with Crippen molar-refractivity contribution in [2.24, 2.45) is 0 Å². The molecule has 1 heterocycles. The molecule has 2 amide bonds. The summed E-state index contributed by atoms with van der Waals surface area (Å²) in [6, 6.07) is 4.37. The van der Waals surface area contributed by atoms with Crippen LogP contribution in [0.4, 0.5) is 4.39 Å². The lowest BCUT2D eigenvalue weighted by Gasteiger charge is -2.28. The number of halogens is 2. The van der Waals surface area contributed by atoms with Gasteiger partial charge in [0.25, 0.3) is 0 Å². The van der Waals surface area contributed by atoms with Crippen LogP contribution in [-0.4, -0.2) is 29.8 Å². The van der Waals surface area contributed by atoms with E-state index in [1.54, 1.807) is 12.1 Å². The first-order valence-electron chi connectivity index (χ1n) is 5.96. The number of nitrogens with zero attached hydrogens (tertiary/aromatic N) is 1. The maximum absolute atomic E-state index is 13.6. The van der Waals surface area contributed by atoms with Crippen molar-refractivity contribution in [1.29, 1.82) is 0 Å². The molecule has 0 aromatic heterocycles. The van der Waals surface area contributed by atoms with Crippen molar-refractivity contribution >= 4 is 27.7 Å². The number of nitrogens with one attached hydrogen (secondary N) is 1. The maximum atomic E-state index is 13.6. The summed E-state index contributed by atoms with van der Waals surface area (Å²) < 4.78 is 14.3. The first-order chi connectivity index (χ1) is 8.99. The smallest absolute Gasteiger partial charge is 0.246 e. The summed E-state index contributed by atoms with van der Waals surface area (Å²) in [4.78, 5) is 24.3. The summed E-state index contributed by atoms with van der Waals surface area (Å²) in [6.45, 7) is 0.261. The second kappa shape index (κ2) is 5.79. The molecule has 0 spiro atoms. The molecule has 0 aliphatic carbocycles. The van der Waals surface area contributed by atoms with Crippen LogP contribution in [0.15, 0.2) is 22.7 Å². The monoisotopic (exact) mass is 328 g/mol. The van der Waals surface area contributed by atoms with Gasteiger partial charge in [0, 0.05) is 30.0 Å². The van der Waals surface area contributed by atoms with Gasteiger partial charge < -0.3 is 5.32 Å². The van der Waals surface area contributed by atoms with E-state index >= 15 is 0 Å². The van der Waals surface area contributed by atoms with Crippen molar-refractivity contribution in [3.8, 4) is 0 Å². The maximum Gasteiger partial charge on any atom is 0.246 e. The predicted molar refractivity (Wildman–Crippen MR) is 71.7 cm³/mol. The van der Waals surface area contributed by atoms with Gasteiger partial charge in [-0.1, -0.05) is 22.0 Å². The number of piperidine rings is 1. The number of hydrogen-bond donors (Lipinski definition) is 1. The van der Waals surface area contributed by atoms with E-state index in [4.69, 9.17) is 0 Å². The molecular weight excluding hydrogens is 315 g/mol. The summed E-state index contributed by atoms with van der Waals surface area (Å²) in [5.41, 5.74) is 0.496. The van der Waals surface area contributed by atoms with Crippen molar-refractivity contribution in [2.45, 2.75) is 25.4 Å². The molecule has 1 atom stereocenters. The molecule has 0 radical (unpaired) electrons. The minimum Gasteiger partial charge on any atom is -0.302 e. The van der Waals surface area contributed by atoms with Crippen molar-refractivity contribution in [3.63, 3.8) is 0 Å². The van der Waals surface area contributed by atoms with Gasteiger partial charge in [0.1, 0.15) is 5.82 Å². The Morgan fingerprint density at radius 2 is 2.21 bits per heavy atom. The minimum absolute atomic E-state index is 0.169. The number of imide groups is 1. The molecule has 2 rings (SSSR count). The molecule has 0 bridgehead atoms. The van der Waals surface area contributed by atoms with Gasteiger partial charge in [0.2, 0.25) is 11.8 Å². The number of likely N-dealkylation sites (tertiary alicyclic amines) is 1. The quantitative estimate of drug-likeness (QED) is 0.861. The molecule has 1 saturated heterocycles. The minimum atomic E-state index is -0.425. The number of amides is 2. The average molecular weight is 329 g/mol. The van der Waals surface area contributed by atoms with Crippen LogP contribution in [0.5, 0.6) is 0 Å². The van der Waals surface area contributed by atoms with Crippen molar-refractivity contribution in [3.05, 3.63) is 34.1 Å². The van der Waals surface area contributed by atoms with E-state index in [9.17, 15) is 14.0 Å². The first kappa shape index (κ1) is 14.1. The largest absolute Gasteiger partial charge is 0.302 e. The summed E-state index contributed by atoms with van der Waals surface area (Å²) in [5, 5.41) is 3.00. The van der Waals surface area contributed by atoms with Crippen LogP contribution >= 0.6 is 15.9 Å². The van der Waals surface area contributed by atoms with Gasteiger partial charge in [0.05, 0.1) is 6.04 Å². The second-order valence-electron chi connectivity index (χ2n) is 4.50. The number of hydrogen-bond acceptors (Lipinski definition) is 3. The Morgan fingerprint density at radius 1 is 1.47 bits per heavy atom. The van der Waals surface area contributed by atoms with Crippen molar-refractivity contribution < 1.29 is 14.0 Å². The standard InChI is InChI=1S/C13H14BrFN2O2/c1-17-12(18)5-4-11(13(17)19)16-7-8-2-3-9(14)6-10(8)15/h2-3,6,11,16H,4-5,7H2,1H3. The zero-order valence-electron chi connectivity index (χ0n) is 10.5. The summed E-state index contributed by atoms with van der Waals surface area (Å²) in [7, 11) is 1.47. The van der Waals surface area contributed by atoms with Gasteiger partial charge in [-0.05, 0) is 18.6 Å². The third kappa shape index (κ3) is 3.19. The Hall–Kier alpha value is -1.27. The van der Waals surface area contributed by atoms with Gasteiger partial charge in [0.15, 0.2) is 0 Å². The fourth-order valence-corrected chi connectivity index (χ4v) is 2.34. The lowest BCUT2D eigenvalue weighted by Crippen LogP contribution is -2.51. The molecule has 1 aromatic carbocycles. The van der Waals surface area contributed by atoms with E-state index in [1.807, 2.05) is 0 Å². The van der Waals surface area contributed by atoms with E-state index in [0.29, 0.717) is 22.9 Å². The first-order valence-corrected chi connectivity index (χ1v) is 6.76. The number of carbonyl (C=O) groups is 2. The normalized spacial score (nSPS) is 19.9. The molecule has 102 valence electrons. The van der Waals surface area contributed by atoms with Crippen molar-refractivity contribution in [1.82, 2.24) is 10.2 Å². The molecule has 1 N–H and O–H groups in total. The van der Waals surface area contributed by atoms with Crippen LogP contribution in [0, 0.1) is 5.82 Å². The lowest BCUT2D eigenvalue weighted by atomic mass is 10.0. The summed E-state index contributed by atoms with van der Waals surface area (Å²) in [6.07, 6.45) is 0.795. The van der Waals surface area contributed by atoms with E-state index in [-0.39, 0.29) is 24.2 Å². The third-order valence-corrected chi connectivity index (χ3v) is 3.70. The van der Waals surface area contributed by atoms with Gasteiger partial charge in [-0.2, -0.15) is 0 Å². The number of benzene rings is 1. The van der Waals surface area contributed by atoms with Crippen LogP contribution in [0.25, 0.3) is 0 Å². The zero-order chi connectivity index (χ0) is 14.0. The highest BCUT2D eigenvalue weighted by molar-refractivity contribution is 9.10. The molecule has 0 saturated carbocycles. The van der Waals surface area contributed by atoms with Crippen LogP contribution in [0.2, 0.25) is 0 Å². The SMILES string of the molecule is CN1C(=O)CCC(NCc2ccc(Br)cc2F)C1=O. The van der Waals surface area contributed by atoms with E-state index < -0.39 is 6.04 Å². The molecule has 6 heteroatoms. The Morgan fingerprint density at radius 3 is 2.89 bits per heavy atom. The van der Waals surface area contributed by atoms with Crippen molar-refractivity contribution in [2.75, 3.05) is 7.05 Å². The van der Waals surface area contributed by atoms with Gasteiger partial charge >= 0.3 is 0 Å². The number of likely N-dealkylation sites (N-methyl/N-ethyl adjacent to an activating group) is 1. The Balaban J connectivity index is 1.99. The van der Waals surface area contributed by atoms with Crippen LogP contribution < -0.4 is 5.32 Å². The highest BCUT2D eigenvalue weighted by atomic mass is 79.9. The average Bonchev–Trinajstić information content (AvgIpc) is 2.37. The van der Waals surface area contributed by atoms with Crippen LogP contribution in [-0.2, 0) is 16.1 Å². The lowest BCUT2D eigenvalue weighted by molar-refractivity contribution is -0.148. The molecule has 1 aliphatic rings. The van der Waals surface area contributed by atoms with Gasteiger partial charge in [-0.15, -0.1) is 0 Å². The Kier molecular flexibility index (Phi) is 4.31. The second-order valence-corrected chi connectivity index (χ2v) is 5.41.